The standard InChI is InChI=1S/C17H23NS/c1-5-17(15-8-6-12(2)7-9-15)18-11-16-10-13(3)14(4)19-16/h6-10,17-18H,5,11H2,1-4H3. The molecule has 1 atom stereocenters. The van der Waals surface area contributed by atoms with Crippen LogP contribution in [-0.4, -0.2) is 0 Å². The Labute approximate surface area is 120 Å². The van der Waals surface area contributed by atoms with Crippen molar-refractivity contribution < 1.29 is 0 Å². The topological polar surface area (TPSA) is 12.0 Å². The van der Waals surface area contributed by atoms with Crippen molar-refractivity contribution in [2.75, 3.05) is 0 Å². The van der Waals surface area contributed by atoms with Gasteiger partial charge >= 0.3 is 0 Å². The summed E-state index contributed by atoms with van der Waals surface area (Å²) in [4.78, 5) is 2.86. The predicted octanol–water partition coefficient (Wildman–Crippen LogP) is 4.91. The molecule has 0 saturated heterocycles. The van der Waals surface area contributed by atoms with Crippen molar-refractivity contribution in [3.05, 3.63) is 56.8 Å². The van der Waals surface area contributed by atoms with Crippen molar-refractivity contribution in [1.29, 1.82) is 0 Å². The van der Waals surface area contributed by atoms with E-state index in [1.807, 2.05) is 11.3 Å². The maximum Gasteiger partial charge on any atom is 0.0320 e. The Bertz CT molecular complexity index is 505. The molecule has 2 aromatic rings. The van der Waals surface area contributed by atoms with Crippen molar-refractivity contribution in [1.82, 2.24) is 5.32 Å². The van der Waals surface area contributed by atoms with Crippen LogP contribution in [0.15, 0.2) is 30.3 Å². The van der Waals surface area contributed by atoms with Crippen molar-refractivity contribution in [2.45, 2.75) is 46.7 Å². The van der Waals surface area contributed by atoms with E-state index >= 15 is 0 Å². The van der Waals surface area contributed by atoms with E-state index in [4.69, 9.17) is 0 Å². The molecule has 1 N–H and O–H groups in total. The third-order valence-electron chi connectivity index (χ3n) is 3.63. The minimum Gasteiger partial charge on any atom is -0.305 e. The normalized spacial score (nSPS) is 12.6. The van der Waals surface area contributed by atoms with Gasteiger partial charge in [-0.3, -0.25) is 0 Å². The molecule has 0 fully saturated rings. The Morgan fingerprint density at radius 2 is 1.79 bits per heavy atom. The molecule has 0 amide bonds. The molecular weight excluding hydrogens is 250 g/mol. The molecule has 0 aliphatic heterocycles. The van der Waals surface area contributed by atoms with Gasteiger partial charge in [-0.1, -0.05) is 36.8 Å². The monoisotopic (exact) mass is 273 g/mol. The van der Waals surface area contributed by atoms with Crippen molar-refractivity contribution >= 4 is 11.3 Å². The lowest BCUT2D eigenvalue weighted by molar-refractivity contribution is 0.522. The van der Waals surface area contributed by atoms with Gasteiger partial charge in [0.25, 0.3) is 0 Å². The molecule has 0 spiro atoms. The molecule has 0 bridgehead atoms. The van der Waals surface area contributed by atoms with Crippen LogP contribution in [0.1, 0.15) is 45.8 Å². The lowest BCUT2D eigenvalue weighted by Gasteiger charge is -2.17. The molecule has 1 aromatic heterocycles. The van der Waals surface area contributed by atoms with E-state index in [0.29, 0.717) is 6.04 Å². The fourth-order valence-corrected chi connectivity index (χ4v) is 3.26. The quantitative estimate of drug-likeness (QED) is 0.816. The maximum atomic E-state index is 3.67. The summed E-state index contributed by atoms with van der Waals surface area (Å²) in [5.74, 6) is 0. The van der Waals surface area contributed by atoms with Crippen molar-refractivity contribution in [2.24, 2.45) is 0 Å². The smallest absolute Gasteiger partial charge is 0.0320 e. The van der Waals surface area contributed by atoms with Gasteiger partial charge in [0.15, 0.2) is 0 Å². The van der Waals surface area contributed by atoms with E-state index in [2.05, 4.69) is 63.3 Å². The number of hydrogen-bond donors (Lipinski definition) is 1. The first kappa shape index (κ1) is 14.3. The Morgan fingerprint density at radius 1 is 1.11 bits per heavy atom. The van der Waals surface area contributed by atoms with Crippen LogP contribution in [0.3, 0.4) is 0 Å². The second kappa shape index (κ2) is 6.36. The molecule has 0 aliphatic carbocycles. The summed E-state index contributed by atoms with van der Waals surface area (Å²) in [6.07, 6.45) is 1.12. The molecule has 0 aliphatic rings. The van der Waals surface area contributed by atoms with E-state index in [0.717, 1.165) is 13.0 Å². The molecule has 1 nitrogen and oxygen atoms in total. The first-order valence-electron chi connectivity index (χ1n) is 6.96. The first-order valence-corrected chi connectivity index (χ1v) is 7.77. The predicted molar refractivity (Wildman–Crippen MR) is 84.8 cm³/mol. The van der Waals surface area contributed by atoms with Gasteiger partial charge in [0.1, 0.15) is 0 Å². The lowest BCUT2D eigenvalue weighted by Crippen LogP contribution is -2.19. The second-order valence-corrected chi connectivity index (χ2v) is 6.55. The molecule has 1 unspecified atom stereocenters. The van der Waals surface area contributed by atoms with Gasteiger partial charge < -0.3 is 5.32 Å². The Hall–Kier alpha value is -1.12. The molecule has 2 rings (SSSR count). The van der Waals surface area contributed by atoms with Crippen molar-refractivity contribution in [3.8, 4) is 0 Å². The largest absolute Gasteiger partial charge is 0.305 e. The van der Waals surface area contributed by atoms with Crippen LogP contribution in [0.5, 0.6) is 0 Å². The fraction of sp³-hybridized carbons (Fsp3) is 0.412. The van der Waals surface area contributed by atoms with E-state index < -0.39 is 0 Å². The van der Waals surface area contributed by atoms with Crippen LogP contribution in [0, 0.1) is 20.8 Å². The summed E-state index contributed by atoms with van der Waals surface area (Å²) in [7, 11) is 0. The molecule has 0 saturated carbocycles. The van der Waals surface area contributed by atoms with Crippen LogP contribution in [0.2, 0.25) is 0 Å². The van der Waals surface area contributed by atoms with Crippen LogP contribution in [0.4, 0.5) is 0 Å². The van der Waals surface area contributed by atoms with Crippen LogP contribution < -0.4 is 5.32 Å². The fourth-order valence-electron chi connectivity index (χ4n) is 2.26. The number of rotatable bonds is 5. The minimum atomic E-state index is 0.448. The highest BCUT2D eigenvalue weighted by atomic mass is 32.1. The van der Waals surface area contributed by atoms with E-state index in [1.54, 1.807) is 0 Å². The SMILES string of the molecule is CCC(NCc1cc(C)c(C)s1)c1ccc(C)cc1. The second-order valence-electron chi connectivity index (χ2n) is 5.20. The molecule has 102 valence electrons. The molecule has 19 heavy (non-hydrogen) atoms. The highest BCUT2D eigenvalue weighted by molar-refractivity contribution is 7.12. The number of hydrogen-bond acceptors (Lipinski definition) is 2. The molecule has 2 heteroatoms. The van der Waals surface area contributed by atoms with Gasteiger partial charge in [-0.2, -0.15) is 0 Å². The number of aryl methyl sites for hydroxylation is 3. The average Bonchev–Trinajstić information content (AvgIpc) is 2.71. The minimum absolute atomic E-state index is 0.448. The number of nitrogens with one attached hydrogen (secondary N) is 1. The van der Waals surface area contributed by atoms with Crippen LogP contribution >= 0.6 is 11.3 Å². The van der Waals surface area contributed by atoms with Gasteiger partial charge in [0, 0.05) is 22.3 Å². The summed E-state index contributed by atoms with van der Waals surface area (Å²) < 4.78 is 0. The first-order chi connectivity index (χ1) is 9.10. The molecular formula is C17H23NS. The van der Waals surface area contributed by atoms with Gasteiger partial charge in [-0.15, -0.1) is 11.3 Å². The zero-order valence-electron chi connectivity index (χ0n) is 12.3. The van der Waals surface area contributed by atoms with Gasteiger partial charge in [-0.25, -0.2) is 0 Å². The molecule has 1 heterocycles. The summed E-state index contributed by atoms with van der Waals surface area (Å²) >= 11 is 1.90. The summed E-state index contributed by atoms with van der Waals surface area (Å²) in [5, 5.41) is 3.67. The van der Waals surface area contributed by atoms with Gasteiger partial charge in [0.2, 0.25) is 0 Å². The zero-order valence-corrected chi connectivity index (χ0v) is 13.1. The Morgan fingerprint density at radius 3 is 2.32 bits per heavy atom. The molecule has 1 aromatic carbocycles. The summed E-state index contributed by atoms with van der Waals surface area (Å²) in [6, 6.07) is 11.6. The summed E-state index contributed by atoms with van der Waals surface area (Å²) in [5.41, 5.74) is 4.12. The average molecular weight is 273 g/mol. The Kier molecular flexibility index (Phi) is 4.78. The van der Waals surface area contributed by atoms with E-state index in [1.165, 1.54) is 26.4 Å². The van der Waals surface area contributed by atoms with Crippen LogP contribution in [0.25, 0.3) is 0 Å². The van der Waals surface area contributed by atoms with E-state index in [-0.39, 0.29) is 0 Å². The Balaban J connectivity index is 2.01. The highest BCUT2D eigenvalue weighted by Crippen LogP contribution is 2.22. The maximum absolute atomic E-state index is 3.67. The third kappa shape index (κ3) is 3.68. The number of thiophene rings is 1. The zero-order chi connectivity index (χ0) is 13.8. The number of benzene rings is 1. The highest BCUT2D eigenvalue weighted by Gasteiger charge is 2.09. The van der Waals surface area contributed by atoms with Crippen molar-refractivity contribution in [3.63, 3.8) is 0 Å². The summed E-state index contributed by atoms with van der Waals surface area (Å²) in [6.45, 7) is 9.72. The lowest BCUT2D eigenvalue weighted by atomic mass is 10.0. The van der Waals surface area contributed by atoms with Crippen LogP contribution in [-0.2, 0) is 6.54 Å². The molecule has 0 radical (unpaired) electrons. The van der Waals surface area contributed by atoms with Gasteiger partial charge in [-0.05, 0) is 44.4 Å². The third-order valence-corrected chi connectivity index (χ3v) is 4.78. The van der Waals surface area contributed by atoms with E-state index in [9.17, 15) is 0 Å². The van der Waals surface area contributed by atoms with Gasteiger partial charge in [0.05, 0.1) is 0 Å².